The van der Waals surface area contributed by atoms with E-state index in [1.54, 1.807) is 36.4 Å². The van der Waals surface area contributed by atoms with Crippen LogP contribution in [0.25, 0.3) is 22.6 Å². The highest BCUT2D eigenvalue weighted by atomic mass is 19.4. The van der Waals surface area contributed by atoms with Crippen LogP contribution in [0.5, 0.6) is 0 Å². The van der Waals surface area contributed by atoms with Gasteiger partial charge < -0.3 is 5.11 Å². The lowest BCUT2D eigenvalue weighted by Crippen LogP contribution is -2.13. The van der Waals surface area contributed by atoms with Gasteiger partial charge in [-0.25, -0.2) is 4.68 Å². The average Bonchev–Trinajstić information content (AvgIpc) is 3.35. The number of nitrogens with zero attached hydrogens (tertiary/aromatic N) is 5. The first-order valence-corrected chi connectivity index (χ1v) is 12.2. The van der Waals surface area contributed by atoms with E-state index >= 15 is 0 Å². The van der Waals surface area contributed by atoms with Gasteiger partial charge >= 0.3 is 12.4 Å². The highest BCUT2D eigenvalue weighted by Gasteiger charge is 2.37. The number of rotatable bonds is 6. The predicted molar refractivity (Wildman–Crippen MR) is 137 cm³/mol. The van der Waals surface area contributed by atoms with Gasteiger partial charge in [-0.3, -0.25) is 9.97 Å². The van der Waals surface area contributed by atoms with E-state index in [0.717, 1.165) is 5.56 Å². The molecule has 0 fully saturated rings. The monoisotopic (exact) mass is 569 g/mol. The summed E-state index contributed by atoms with van der Waals surface area (Å²) in [5.41, 5.74) is -0.0872. The molecule has 3 aromatic heterocycles. The molecule has 6 nitrogen and oxygen atoms in total. The molecule has 12 heteroatoms. The van der Waals surface area contributed by atoms with Gasteiger partial charge in [0.1, 0.15) is 11.8 Å². The highest BCUT2D eigenvalue weighted by molar-refractivity contribution is 5.78. The summed E-state index contributed by atoms with van der Waals surface area (Å²) >= 11 is 0. The van der Waals surface area contributed by atoms with Crippen molar-refractivity contribution >= 4 is 0 Å². The number of hydrogen-bond donors (Lipinski definition) is 1. The van der Waals surface area contributed by atoms with Crippen LogP contribution >= 0.6 is 0 Å². The Balaban J connectivity index is 1.66. The average molecular weight is 570 g/mol. The van der Waals surface area contributed by atoms with E-state index < -0.39 is 36.1 Å². The van der Waals surface area contributed by atoms with Crippen molar-refractivity contribution < 1.29 is 31.4 Å². The summed E-state index contributed by atoms with van der Waals surface area (Å²) < 4.78 is 82.2. The van der Waals surface area contributed by atoms with Gasteiger partial charge in [-0.05, 0) is 60.0 Å². The van der Waals surface area contributed by atoms with E-state index in [2.05, 4.69) is 20.3 Å². The normalized spacial score (nSPS) is 12.9. The number of halogens is 6. The smallest absolute Gasteiger partial charge is 0.384 e. The lowest BCUT2D eigenvalue weighted by atomic mass is 9.94. The van der Waals surface area contributed by atoms with Gasteiger partial charge in [-0.2, -0.15) is 26.3 Å². The number of aliphatic hydroxyl groups is 1. The van der Waals surface area contributed by atoms with Crippen molar-refractivity contribution in [2.24, 2.45) is 0 Å². The second-order valence-electron chi connectivity index (χ2n) is 9.29. The van der Waals surface area contributed by atoms with Crippen molar-refractivity contribution in [2.75, 3.05) is 0 Å². The summed E-state index contributed by atoms with van der Waals surface area (Å²) in [7, 11) is 0. The maximum Gasteiger partial charge on any atom is 0.416 e. The Morgan fingerprint density at radius 1 is 0.780 bits per heavy atom. The summed E-state index contributed by atoms with van der Waals surface area (Å²) in [5.74, 6) is 0. The molecule has 0 saturated carbocycles. The van der Waals surface area contributed by atoms with Crippen LogP contribution in [-0.2, 0) is 18.9 Å². The Kier molecular flexibility index (Phi) is 7.35. The molecule has 5 aromatic rings. The molecule has 41 heavy (non-hydrogen) atoms. The van der Waals surface area contributed by atoms with Crippen molar-refractivity contribution in [2.45, 2.75) is 31.9 Å². The van der Waals surface area contributed by atoms with Crippen molar-refractivity contribution in [3.8, 4) is 22.6 Å². The minimum absolute atomic E-state index is 0.0766. The molecule has 210 valence electrons. The molecule has 1 atom stereocenters. The highest BCUT2D eigenvalue weighted by Crippen LogP contribution is 2.38. The second kappa shape index (κ2) is 10.8. The Morgan fingerprint density at radius 2 is 1.41 bits per heavy atom. The van der Waals surface area contributed by atoms with E-state index in [9.17, 15) is 31.4 Å². The quantitative estimate of drug-likeness (QED) is 0.226. The lowest BCUT2D eigenvalue weighted by Gasteiger charge is -2.17. The van der Waals surface area contributed by atoms with Crippen LogP contribution in [0, 0.1) is 6.92 Å². The minimum Gasteiger partial charge on any atom is -0.384 e. The number of alkyl halides is 6. The molecule has 0 spiro atoms. The molecule has 0 bridgehead atoms. The van der Waals surface area contributed by atoms with Crippen molar-refractivity contribution in [1.82, 2.24) is 25.0 Å². The third kappa shape index (κ3) is 5.82. The third-order valence-corrected chi connectivity index (χ3v) is 6.51. The van der Waals surface area contributed by atoms with Gasteiger partial charge in [0, 0.05) is 29.7 Å². The first-order chi connectivity index (χ1) is 19.4. The largest absolute Gasteiger partial charge is 0.416 e. The zero-order chi connectivity index (χ0) is 29.4. The number of pyridine rings is 2. The fourth-order valence-electron chi connectivity index (χ4n) is 4.56. The molecular formula is C29H21F6N5O. The summed E-state index contributed by atoms with van der Waals surface area (Å²) in [5, 5.41) is 19.6. The first kappa shape index (κ1) is 28.0. The zero-order valence-electron chi connectivity index (χ0n) is 21.3. The molecule has 0 saturated heterocycles. The molecule has 1 unspecified atom stereocenters. The summed E-state index contributed by atoms with van der Waals surface area (Å²) in [6.45, 7) is 1.39. The SMILES string of the molecule is Cc1ccccc1C(O)c1cccnc1-c1nnn(Cc2cc(C(F)(F)F)cc(C(F)(F)F)c2)c1-c1ccncc1. The van der Waals surface area contributed by atoms with Crippen LogP contribution in [0.1, 0.15) is 39.5 Å². The van der Waals surface area contributed by atoms with Crippen molar-refractivity contribution in [3.63, 3.8) is 0 Å². The van der Waals surface area contributed by atoms with E-state index in [4.69, 9.17) is 0 Å². The van der Waals surface area contributed by atoms with Crippen LogP contribution < -0.4 is 0 Å². The van der Waals surface area contributed by atoms with Gasteiger partial charge in [0.05, 0.1) is 29.1 Å². The zero-order valence-corrected chi connectivity index (χ0v) is 21.3. The fraction of sp³-hybridized carbons (Fsp3) is 0.172. The summed E-state index contributed by atoms with van der Waals surface area (Å²) in [4.78, 5) is 8.42. The Morgan fingerprint density at radius 3 is 2.05 bits per heavy atom. The Bertz CT molecular complexity index is 1650. The van der Waals surface area contributed by atoms with Crippen LogP contribution in [-0.4, -0.2) is 30.1 Å². The van der Waals surface area contributed by atoms with Gasteiger partial charge in [0.15, 0.2) is 0 Å². The predicted octanol–water partition coefficient (Wildman–Crippen LogP) is 6.88. The molecule has 0 aliphatic rings. The lowest BCUT2D eigenvalue weighted by molar-refractivity contribution is -0.143. The van der Waals surface area contributed by atoms with Crippen molar-refractivity contribution in [1.29, 1.82) is 0 Å². The Hall–Kier alpha value is -4.58. The first-order valence-electron chi connectivity index (χ1n) is 12.2. The maximum absolute atomic E-state index is 13.5. The number of aliphatic hydroxyl groups excluding tert-OH is 1. The van der Waals surface area contributed by atoms with E-state index in [1.807, 2.05) is 19.1 Å². The number of aryl methyl sites for hydroxylation is 1. The number of hydrogen-bond acceptors (Lipinski definition) is 5. The van der Waals surface area contributed by atoms with E-state index in [-0.39, 0.29) is 28.7 Å². The van der Waals surface area contributed by atoms with Crippen LogP contribution in [0.2, 0.25) is 0 Å². The second-order valence-corrected chi connectivity index (χ2v) is 9.29. The van der Waals surface area contributed by atoms with E-state index in [1.165, 1.54) is 23.3 Å². The number of benzene rings is 2. The van der Waals surface area contributed by atoms with Gasteiger partial charge in [0.2, 0.25) is 0 Å². The summed E-state index contributed by atoms with van der Waals surface area (Å²) in [6.07, 6.45) is -6.65. The third-order valence-electron chi connectivity index (χ3n) is 6.51. The van der Waals surface area contributed by atoms with Crippen LogP contribution in [0.15, 0.2) is 85.3 Å². The molecular weight excluding hydrogens is 548 g/mol. The molecule has 1 N–H and O–H groups in total. The van der Waals surface area contributed by atoms with Gasteiger partial charge in [-0.15, -0.1) is 5.10 Å². The molecule has 0 aliphatic carbocycles. The molecule has 0 amide bonds. The van der Waals surface area contributed by atoms with Crippen molar-refractivity contribution in [3.05, 3.63) is 119 Å². The molecule has 0 radical (unpaired) electrons. The van der Waals surface area contributed by atoms with Gasteiger partial charge in [0.25, 0.3) is 0 Å². The Labute approximate surface area is 230 Å². The molecule has 2 aromatic carbocycles. The fourth-order valence-corrected chi connectivity index (χ4v) is 4.56. The summed E-state index contributed by atoms with van der Waals surface area (Å²) in [6, 6.07) is 15.1. The molecule has 3 heterocycles. The minimum atomic E-state index is -4.99. The van der Waals surface area contributed by atoms with Crippen LogP contribution in [0.4, 0.5) is 26.3 Å². The maximum atomic E-state index is 13.5. The van der Waals surface area contributed by atoms with Gasteiger partial charge in [-0.1, -0.05) is 35.5 Å². The topological polar surface area (TPSA) is 76.7 Å². The molecule has 0 aliphatic heterocycles. The van der Waals surface area contributed by atoms with Crippen LogP contribution in [0.3, 0.4) is 0 Å². The standard InChI is InChI=1S/C29H21F6N5O/c1-17-5-2-3-6-22(17)27(41)23-7-4-10-37-24(23)25-26(19-8-11-36-12-9-19)40(39-38-25)16-18-13-20(28(30,31)32)15-21(14-18)29(33,34)35/h2-15,27,41H,16H2,1H3. The number of aromatic nitrogens is 5. The van der Waals surface area contributed by atoms with E-state index in [0.29, 0.717) is 28.8 Å². The molecule has 5 rings (SSSR count).